The first kappa shape index (κ1) is 20.6. The lowest BCUT2D eigenvalue weighted by Gasteiger charge is -2.34. The standard InChI is InChI=1S/C23H24N4O4/c28-21(24-15-17-5-2-1-3-6-17)16-26-10-12-27(13-11-26)23(30)18-8-9-19(25-22(18)29)20-7-4-14-31-20/h1-9,14H,10-13,15-16H2,(H,24,28)(H,25,29). The highest BCUT2D eigenvalue weighted by Crippen LogP contribution is 2.16. The van der Waals surface area contributed by atoms with Gasteiger partial charge in [-0.25, -0.2) is 0 Å². The maximum Gasteiger partial charge on any atom is 0.261 e. The third-order valence-corrected chi connectivity index (χ3v) is 5.29. The fraction of sp³-hybridized carbons (Fsp3) is 0.261. The first-order valence-electron chi connectivity index (χ1n) is 10.2. The number of nitrogens with one attached hydrogen (secondary N) is 2. The van der Waals surface area contributed by atoms with Crippen molar-refractivity contribution in [1.82, 2.24) is 20.1 Å². The van der Waals surface area contributed by atoms with Crippen molar-refractivity contribution in [2.45, 2.75) is 6.54 Å². The lowest BCUT2D eigenvalue weighted by atomic mass is 10.2. The second-order valence-electron chi connectivity index (χ2n) is 7.42. The lowest BCUT2D eigenvalue weighted by Crippen LogP contribution is -2.51. The minimum absolute atomic E-state index is 0.0476. The summed E-state index contributed by atoms with van der Waals surface area (Å²) in [6, 6.07) is 16.4. The number of hydrogen-bond donors (Lipinski definition) is 2. The molecule has 0 atom stereocenters. The molecule has 8 nitrogen and oxygen atoms in total. The number of rotatable bonds is 6. The molecule has 0 saturated carbocycles. The van der Waals surface area contributed by atoms with E-state index in [9.17, 15) is 14.4 Å². The smallest absolute Gasteiger partial charge is 0.261 e. The Kier molecular flexibility index (Phi) is 6.28. The molecule has 4 rings (SSSR count). The molecule has 0 aliphatic carbocycles. The van der Waals surface area contributed by atoms with Gasteiger partial charge in [-0.3, -0.25) is 19.3 Å². The Morgan fingerprint density at radius 3 is 2.42 bits per heavy atom. The van der Waals surface area contributed by atoms with Gasteiger partial charge in [0.2, 0.25) is 5.91 Å². The Hall–Kier alpha value is -3.65. The van der Waals surface area contributed by atoms with Crippen LogP contribution >= 0.6 is 0 Å². The average Bonchev–Trinajstić information content (AvgIpc) is 3.33. The molecule has 0 unspecified atom stereocenters. The third-order valence-electron chi connectivity index (χ3n) is 5.29. The fourth-order valence-corrected chi connectivity index (χ4v) is 3.55. The predicted molar refractivity (Wildman–Crippen MR) is 115 cm³/mol. The van der Waals surface area contributed by atoms with Gasteiger partial charge in [0, 0.05) is 32.7 Å². The van der Waals surface area contributed by atoms with Crippen LogP contribution in [0.5, 0.6) is 0 Å². The van der Waals surface area contributed by atoms with Gasteiger partial charge in [-0.2, -0.15) is 0 Å². The summed E-state index contributed by atoms with van der Waals surface area (Å²) in [6.07, 6.45) is 1.52. The van der Waals surface area contributed by atoms with Crippen molar-refractivity contribution in [3.8, 4) is 11.5 Å². The quantitative estimate of drug-likeness (QED) is 0.633. The zero-order chi connectivity index (χ0) is 21.6. The molecule has 1 fully saturated rings. The van der Waals surface area contributed by atoms with Crippen LogP contribution in [0.3, 0.4) is 0 Å². The van der Waals surface area contributed by atoms with Crippen LogP contribution in [0.2, 0.25) is 0 Å². The molecule has 3 heterocycles. The van der Waals surface area contributed by atoms with Gasteiger partial charge < -0.3 is 19.6 Å². The maximum absolute atomic E-state index is 12.8. The summed E-state index contributed by atoms with van der Waals surface area (Å²) in [6.45, 7) is 2.86. The van der Waals surface area contributed by atoms with Gasteiger partial charge in [0.25, 0.3) is 11.5 Å². The molecule has 0 spiro atoms. The molecule has 3 aromatic rings. The summed E-state index contributed by atoms with van der Waals surface area (Å²) in [4.78, 5) is 43.8. The van der Waals surface area contributed by atoms with E-state index < -0.39 is 5.56 Å². The van der Waals surface area contributed by atoms with Crippen LogP contribution in [0.1, 0.15) is 15.9 Å². The predicted octanol–water partition coefficient (Wildman–Crippen LogP) is 1.71. The van der Waals surface area contributed by atoms with Gasteiger partial charge in [0.1, 0.15) is 11.3 Å². The summed E-state index contributed by atoms with van der Waals surface area (Å²) in [7, 11) is 0. The first-order chi connectivity index (χ1) is 15.1. The van der Waals surface area contributed by atoms with E-state index in [-0.39, 0.29) is 23.9 Å². The van der Waals surface area contributed by atoms with Crippen molar-refractivity contribution < 1.29 is 14.0 Å². The molecular formula is C23H24N4O4. The van der Waals surface area contributed by atoms with Crippen molar-refractivity contribution in [1.29, 1.82) is 0 Å². The molecule has 1 saturated heterocycles. The highest BCUT2D eigenvalue weighted by Gasteiger charge is 2.25. The van der Waals surface area contributed by atoms with E-state index in [0.717, 1.165) is 5.56 Å². The molecular weight excluding hydrogens is 396 g/mol. The number of carbonyl (C=O) groups excluding carboxylic acids is 2. The first-order valence-corrected chi connectivity index (χ1v) is 10.2. The van der Waals surface area contributed by atoms with Crippen LogP contribution in [-0.4, -0.2) is 59.3 Å². The second kappa shape index (κ2) is 9.44. The Labute approximate surface area is 179 Å². The molecule has 1 aromatic carbocycles. The van der Waals surface area contributed by atoms with E-state index in [1.165, 1.54) is 12.3 Å². The Balaban J connectivity index is 1.28. The van der Waals surface area contributed by atoms with Crippen LogP contribution in [0.15, 0.2) is 70.1 Å². The van der Waals surface area contributed by atoms with E-state index in [1.54, 1.807) is 23.1 Å². The molecule has 1 aliphatic heterocycles. The molecule has 160 valence electrons. The topological polar surface area (TPSA) is 98.7 Å². The number of carbonyl (C=O) groups is 2. The van der Waals surface area contributed by atoms with Crippen molar-refractivity contribution >= 4 is 11.8 Å². The van der Waals surface area contributed by atoms with Crippen molar-refractivity contribution in [2.75, 3.05) is 32.7 Å². The summed E-state index contributed by atoms with van der Waals surface area (Å²) in [5, 5.41) is 2.92. The normalized spacial score (nSPS) is 14.4. The van der Waals surface area contributed by atoms with Gasteiger partial charge in [0.05, 0.1) is 18.5 Å². The van der Waals surface area contributed by atoms with Crippen LogP contribution in [0.4, 0.5) is 0 Å². The Morgan fingerprint density at radius 1 is 0.968 bits per heavy atom. The summed E-state index contributed by atoms with van der Waals surface area (Å²) >= 11 is 0. The Morgan fingerprint density at radius 2 is 1.74 bits per heavy atom. The second-order valence-corrected chi connectivity index (χ2v) is 7.42. The van der Waals surface area contributed by atoms with Crippen LogP contribution < -0.4 is 10.9 Å². The summed E-state index contributed by atoms with van der Waals surface area (Å²) in [5.74, 6) is 0.185. The largest absolute Gasteiger partial charge is 0.463 e. The van der Waals surface area contributed by atoms with Crippen LogP contribution in [0.25, 0.3) is 11.5 Å². The molecule has 2 N–H and O–H groups in total. The minimum atomic E-state index is -0.443. The van der Waals surface area contributed by atoms with Gasteiger partial charge in [-0.05, 0) is 29.8 Å². The van der Waals surface area contributed by atoms with E-state index in [1.807, 2.05) is 35.2 Å². The fourth-order valence-electron chi connectivity index (χ4n) is 3.55. The number of hydrogen-bond acceptors (Lipinski definition) is 5. The molecule has 2 aromatic heterocycles. The maximum atomic E-state index is 12.8. The van der Waals surface area contributed by atoms with E-state index in [4.69, 9.17) is 4.42 Å². The molecule has 1 aliphatic rings. The van der Waals surface area contributed by atoms with E-state index in [0.29, 0.717) is 44.2 Å². The summed E-state index contributed by atoms with van der Waals surface area (Å²) < 4.78 is 5.27. The number of aromatic nitrogens is 1. The van der Waals surface area contributed by atoms with Crippen LogP contribution in [-0.2, 0) is 11.3 Å². The highest BCUT2D eigenvalue weighted by molar-refractivity contribution is 5.94. The van der Waals surface area contributed by atoms with Gasteiger partial charge in [-0.15, -0.1) is 0 Å². The third kappa shape index (κ3) is 5.10. The highest BCUT2D eigenvalue weighted by atomic mass is 16.3. The number of amides is 2. The van der Waals surface area contributed by atoms with Crippen molar-refractivity contribution in [3.05, 3.63) is 82.3 Å². The number of nitrogens with zero attached hydrogens (tertiary/aromatic N) is 2. The molecule has 0 radical (unpaired) electrons. The average molecular weight is 420 g/mol. The number of pyridine rings is 1. The zero-order valence-corrected chi connectivity index (χ0v) is 17.0. The molecule has 8 heteroatoms. The van der Waals surface area contributed by atoms with Crippen molar-refractivity contribution in [3.63, 3.8) is 0 Å². The van der Waals surface area contributed by atoms with Gasteiger partial charge in [0.15, 0.2) is 0 Å². The number of H-pyrrole nitrogens is 1. The van der Waals surface area contributed by atoms with E-state index >= 15 is 0 Å². The van der Waals surface area contributed by atoms with Crippen LogP contribution in [0, 0.1) is 0 Å². The van der Waals surface area contributed by atoms with E-state index in [2.05, 4.69) is 10.3 Å². The minimum Gasteiger partial charge on any atom is -0.463 e. The zero-order valence-electron chi connectivity index (χ0n) is 17.0. The lowest BCUT2D eigenvalue weighted by molar-refractivity contribution is -0.122. The molecule has 2 amide bonds. The van der Waals surface area contributed by atoms with Gasteiger partial charge >= 0.3 is 0 Å². The van der Waals surface area contributed by atoms with Gasteiger partial charge in [-0.1, -0.05) is 30.3 Å². The monoisotopic (exact) mass is 420 g/mol. The SMILES string of the molecule is O=C(CN1CCN(C(=O)c2ccc(-c3ccco3)[nH]c2=O)CC1)NCc1ccccc1. The molecule has 0 bridgehead atoms. The summed E-state index contributed by atoms with van der Waals surface area (Å²) in [5.41, 5.74) is 1.23. The number of aromatic amines is 1. The number of piperazine rings is 1. The number of furan rings is 1. The molecule has 31 heavy (non-hydrogen) atoms. The van der Waals surface area contributed by atoms with Crippen molar-refractivity contribution in [2.24, 2.45) is 0 Å². The number of benzene rings is 1. The Bertz CT molecular complexity index is 1080.